The standard InChI is InChI=1S/C14H18N2O2/c1-2-3-4-10-14(18)16-13-9-5-7-12(15-13)8-6-11-17/h5,7,9,17H,2-4,10-11H2,1H3,(H,15,16,18). The molecule has 0 aliphatic rings. The number of hydrogen-bond donors (Lipinski definition) is 2. The number of amides is 1. The van der Waals surface area contributed by atoms with Crippen LogP contribution in [0.1, 0.15) is 38.3 Å². The average Bonchev–Trinajstić information content (AvgIpc) is 2.37. The van der Waals surface area contributed by atoms with E-state index in [1.807, 2.05) is 0 Å². The van der Waals surface area contributed by atoms with Gasteiger partial charge in [0.25, 0.3) is 0 Å². The molecule has 96 valence electrons. The van der Waals surface area contributed by atoms with E-state index in [1.54, 1.807) is 18.2 Å². The van der Waals surface area contributed by atoms with Crippen LogP contribution in [-0.2, 0) is 4.79 Å². The molecule has 0 spiro atoms. The molecule has 0 atom stereocenters. The van der Waals surface area contributed by atoms with Gasteiger partial charge in [-0.15, -0.1) is 0 Å². The summed E-state index contributed by atoms with van der Waals surface area (Å²) in [7, 11) is 0. The molecule has 0 bridgehead atoms. The van der Waals surface area contributed by atoms with Gasteiger partial charge in [0.15, 0.2) is 0 Å². The SMILES string of the molecule is CCCCCC(=O)Nc1cccc(C#CCO)n1. The van der Waals surface area contributed by atoms with Gasteiger partial charge in [0.05, 0.1) is 0 Å². The second-order valence-corrected chi connectivity index (χ2v) is 3.87. The fourth-order valence-electron chi connectivity index (χ4n) is 1.44. The van der Waals surface area contributed by atoms with Crippen LogP contribution in [0, 0.1) is 11.8 Å². The molecule has 1 rings (SSSR count). The highest BCUT2D eigenvalue weighted by atomic mass is 16.2. The first-order valence-corrected chi connectivity index (χ1v) is 6.13. The smallest absolute Gasteiger partial charge is 0.225 e. The van der Waals surface area contributed by atoms with E-state index in [9.17, 15) is 4.79 Å². The van der Waals surface area contributed by atoms with Crippen LogP contribution >= 0.6 is 0 Å². The zero-order chi connectivity index (χ0) is 13.2. The van der Waals surface area contributed by atoms with Gasteiger partial charge in [0.1, 0.15) is 18.1 Å². The third kappa shape index (κ3) is 5.46. The number of carbonyl (C=O) groups is 1. The van der Waals surface area contributed by atoms with Crippen molar-refractivity contribution in [2.24, 2.45) is 0 Å². The molecular formula is C14H18N2O2. The number of nitrogens with one attached hydrogen (secondary N) is 1. The Bertz CT molecular complexity index is 447. The van der Waals surface area contributed by atoms with Crippen LogP contribution in [0.2, 0.25) is 0 Å². The van der Waals surface area contributed by atoms with Gasteiger partial charge in [0.2, 0.25) is 5.91 Å². The Balaban J connectivity index is 2.53. The van der Waals surface area contributed by atoms with E-state index in [1.165, 1.54) is 0 Å². The predicted molar refractivity (Wildman–Crippen MR) is 71.0 cm³/mol. The summed E-state index contributed by atoms with van der Waals surface area (Å²) < 4.78 is 0. The molecule has 4 heteroatoms. The van der Waals surface area contributed by atoms with E-state index in [2.05, 4.69) is 29.1 Å². The Hall–Kier alpha value is -1.86. The highest BCUT2D eigenvalue weighted by molar-refractivity contribution is 5.89. The molecule has 0 unspecified atom stereocenters. The van der Waals surface area contributed by atoms with E-state index in [-0.39, 0.29) is 12.5 Å². The first kappa shape index (κ1) is 14.2. The van der Waals surface area contributed by atoms with Crippen molar-refractivity contribution >= 4 is 11.7 Å². The van der Waals surface area contributed by atoms with Crippen molar-refractivity contribution in [2.45, 2.75) is 32.6 Å². The lowest BCUT2D eigenvalue weighted by atomic mass is 10.2. The third-order valence-corrected chi connectivity index (χ3v) is 2.32. The monoisotopic (exact) mass is 246 g/mol. The number of unbranched alkanes of at least 4 members (excludes halogenated alkanes) is 2. The molecule has 1 heterocycles. The van der Waals surface area contributed by atoms with Gasteiger partial charge in [0, 0.05) is 6.42 Å². The molecule has 4 nitrogen and oxygen atoms in total. The molecule has 0 radical (unpaired) electrons. The number of aliphatic hydroxyl groups excluding tert-OH is 1. The molecule has 18 heavy (non-hydrogen) atoms. The Morgan fingerprint density at radius 1 is 1.44 bits per heavy atom. The summed E-state index contributed by atoms with van der Waals surface area (Å²) in [6.07, 6.45) is 3.56. The summed E-state index contributed by atoms with van der Waals surface area (Å²) in [5, 5.41) is 11.3. The van der Waals surface area contributed by atoms with E-state index in [4.69, 9.17) is 5.11 Å². The molecule has 1 amide bonds. The van der Waals surface area contributed by atoms with Crippen molar-refractivity contribution in [1.82, 2.24) is 4.98 Å². The molecule has 1 aromatic heterocycles. The Morgan fingerprint density at radius 3 is 3.00 bits per heavy atom. The molecule has 0 aliphatic heterocycles. The van der Waals surface area contributed by atoms with Gasteiger partial charge >= 0.3 is 0 Å². The first-order chi connectivity index (χ1) is 8.76. The van der Waals surface area contributed by atoms with Crippen molar-refractivity contribution < 1.29 is 9.90 Å². The van der Waals surface area contributed by atoms with Crippen LogP contribution in [-0.4, -0.2) is 22.6 Å². The molecule has 0 aliphatic carbocycles. The van der Waals surface area contributed by atoms with Crippen molar-refractivity contribution in [3.63, 3.8) is 0 Å². The minimum atomic E-state index is -0.199. The van der Waals surface area contributed by atoms with E-state index < -0.39 is 0 Å². The number of carbonyl (C=O) groups excluding carboxylic acids is 1. The van der Waals surface area contributed by atoms with Gasteiger partial charge in [-0.25, -0.2) is 4.98 Å². The van der Waals surface area contributed by atoms with Gasteiger partial charge < -0.3 is 10.4 Å². The molecule has 0 aromatic carbocycles. The van der Waals surface area contributed by atoms with Crippen molar-refractivity contribution in [2.75, 3.05) is 11.9 Å². The summed E-state index contributed by atoms with van der Waals surface area (Å²) in [4.78, 5) is 15.7. The van der Waals surface area contributed by atoms with Gasteiger partial charge in [-0.3, -0.25) is 4.79 Å². The number of anilines is 1. The van der Waals surface area contributed by atoms with Crippen LogP contribution < -0.4 is 5.32 Å². The molecule has 2 N–H and O–H groups in total. The zero-order valence-corrected chi connectivity index (χ0v) is 10.6. The van der Waals surface area contributed by atoms with Crippen molar-refractivity contribution in [3.8, 4) is 11.8 Å². The molecule has 1 aromatic rings. The van der Waals surface area contributed by atoms with E-state index in [0.29, 0.717) is 17.9 Å². The normalized spacial score (nSPS) is 9.44. The summed E-state index contributed by atoms with van der Waals surface area (Å²) in [5.41, 5.74) is 0.537. The van der Waals surface area contributed by atoms with Crippen molar-refractivity contribution in [1.29, 1.82) is 0 Å². The number of aliphatic hydroxyl groups is 1. The number of hydrogen-bond acceptors (Lipinski definition) is 3. The second kappa shape index (κ2) is 8.26. The summed E-state index contributed by atoms with van der Waals surface area (Å²) in [6, 6.07) is 5.23. The quantitative estimate of drug-likeness (QED) is 0.616. The Labute approximate surface area is 107 Å². The molecular weight excluding hydrogens is 228 g/mol. The lowest BCUT2D eigenvalue weighted by molar-refractivity contribution is -0.116. The van der Waals surface area contributed by atoms with Gasteiger partial charge in [-0.1, -0.05) is 31.8 Å². The topological polar surface area (TPSA) is 62.2 Å². The number of rotatable bonds is 5. The zero-order valence-electron chi connectivity index (χ0n) is 10.6. The third-order valence-electron chi connectivity index (χ3n) is 2.32. The number of aromatic nitrogens is 1. The fourth-order valence-corrected chi connectivity index (χ4v) is 1.44. The Kier molecular flexibility index (Phi) is 6.52. The second-order valence-electron chi connectivity index (χ2n) is 3.87. The molecule has 0 saturated heterocycles. The highest BCUT2D eigenvalue weighted by Crippen LogP contribution is 2.06. The van der Waals surface area contributed by atoms with Gasteiger partial charge in [-0.05, 0) is 24.5 Å². The lowest BCUT2D eigenvalue weighted by Crippen LogP contribution is -2.12. The van der Waals surface area contributed by atoms with Crippen LogP contribution in [0.4, 0.5) is 5.82 Å². The molecule has 0 fully saturated rings. The maximum Gasteiger partial charge on any atom is 0.225 e. The average molecular weight is 246 g/mol. The van der Waals surface area contributed by atoms with Crippen LogP contribution in [0.5, 0.6) is 0 Å². The number of nitrogens with zero attached hydrogens (tertiary/aromatic N) is 1. The maximum absolute atomic E-state index is 11.6. The minimum absolute atomic E-state index is 0.0248. The van der Waals surface area contributed by atoms with E-state index >= 15 is 0 Å². The fraction of sp³-hybridized carbons (Fsp3) is 0.429. The molecule has 0 saturated carbocycles. The first-order valence-electron chi connectivity index (χ1n) is 6.13. The predicted octanol–water partition coefficient (Wildman–Crippen LogP) is 1.94. The van der Waals surface area contributed by atoms with Crippen LogP contribution in [0.25, 0.3) is 0 Å². The van der Waals surface area contributed by atoms with Crippen LogP contribution in [0.15, 0.2) is 18.2 Å². The van der Waals surface area contributed by atoms with Crippen molar-refractivity contribution in [3.05, 3.63) is 23.9 Å². The van der Waals surface area contributed by atoms with E-state index in [0.717, 1.165) is 19.3 Å². The number of pyridine rings is 1. The highest BCUT2D eigenvalue weighted by Gasteiger charge is 2.02. The van der Waals surface area contributed by atoms with Gasteiger partial charge in [-0.2, -0.15) is 0 Å². The maximum atomic E-state index is 11.6. The lowest BCUT2D eigenvalue weighted by Gasteiger charge is -2.04. The summed E-state index contributed by atoms with van der Waals surface area (Å²) >= 11 is 0. The summed E-state index contributed by atoms with van der Waals surface area (Å²) in [6.45, 7) is 1.90. The van der Waals surface area contributed by atoms with Crippen LogP contribution in [0.3, 0.4) is 0 Å². The largest absolute Gasteiger partial charge is 0.384 e. The summed E-state index contributed by atoms with van der Waals surface area (Å²) in [5.74, 6) is 5.69. The minimum Gasteiger partial charge on any atom is -0.384 e. The Morgan fingerprint density at radius 2 is 2.28 bits per heavy atom.